The number of hydrogen-bond donors (Lipinski definition) is 0. The summed E-state index contributed by atoms with van der Waals surface area (Å²) < 4.78 is 38.1. The van der Waals surface area contributed by atoms with Crippen molar-refractivity contribution in [3.8, 4) is 0 Å². The fourth-order valence-electron chi connectivity index (χ4n) is 1.36. The molecule has 0 atom stereocenters. The summed E-state index contributed by atoms with van der Waals surface area (Å²) in [6, 6.07) is 2.21. The SMILES string of the molecule is O=C(c1ncccn1)c1cnccc1C(F)(F)F. The van der Waals surface area contributed by atoms with Gasteiger partial charge in [0.25, 0.3) is 0 Å². The zero-order valence-electron chi connectivity index (χ0n) is 8.85. The quantitative estimate of drug-likeness (QED) is 0.769. The Bertz CT molecular complexity index is 569. The standard InChI is InChI=1S/C11H6F3N3O/c12-11(13,14)8-2-5-15-6-7(8)9(18)10-16-3-1-4-17-10/h1-6H. The van der Waals surface area contributed by atoms with E-state index in [1.165, 1.54) is 18.5 Å². The number of pyridine rings is 1. The smallest absolute Gasteiger partial charge is 0.285 e. The maximum Gasteiger partial charge on any atom is 0.417 e. The highest BCUT2D eigenvalue weighted by Gasteiger charge is 2.35. The Kier molecular flexibility index (Phi) is 3.05. The highest BCUT2D eigenvalue weighted by Crippen LogP contribution is 2.31. The van der Waals surface area contributed by atoms with Crippen LogP contribution in [0.25, 0.3) is 0 Å². The molecular formula is C11H6F3N3O. The van der Waals surface area contributed by atoms with E-state index in [0.29, 0.717) is 0 Å². The van der Waals surface area contributed by atoms with Gasteiger partial charge in [-0.1, -0.05) is 0 Å². The van der Waals surface area contributed by atoms with E-state index in [1.54, 1.807) is 0 Å². The molecule has 2 heterocycles. The van der Waals surface area contributed by atoms with Crippen LogP contribution in [-0.2, 0) is 6.18 Å². The summed E-state index contributed by atoms with van der Waals surface area (Å²) in [4.78, 5) is 22.6. The third kappa shape index (κ3) is 2.34. The lowest BCUT2D eigenvalue weighted by Crippen LogP contribution is -2.15. The Labute approximate surface area is 99.5 Å². The minimum Gasteiger partial charge on any atom is -0.285 e. The number of rotatable bonds is 2. The predicted molar refractivity (Wildman–Crippen MR) is 54.7 cm³/mol. The molecule has 0 aliphatic rings. The Balaban J connectivity index is 2.50. The van der Waals surface area contributed by atoms with Crippen LogP contribution >= 0.6 is 0 Å². The van der Waals surface area contributed by atoms with Crippen molar-refractivity contribution in [2.45, 2.75) is 6.18 Å². The molecule has 2 rings (SSSR count). The molecule has 0 saturated carbocycles. The van der Waals surface area contributed by atoms with Crippen LogP contribution in [0.1, 0.15) is 21.7 Å². The number of ketones is 1. The Hall–Kier alpha value is -2.31. The first kappa shape index (κ1) is 12.2. The predicted octanol–water partition coefficient (Wildman–Crippen LogP) is 2.12. The number of hydrogen-bond acceptors (Lipinski definition) is 4. The van der Waals surface area contributed by atoms with Crippen molar-refractivity contribution in [1.82, 2.24) is 15.0 Å². The van der Waals surface area contributed by atoms with Gasteiger partial charge in [0, 0.05) is 24.8 Å². The number of aromatic nitrogens is 3. The average molecular weight is 253 g/mol. The molecule has 0 amide bonds. The fourth-order valence-corrected chi connectivity index (χ4v) is 1.36. The van der Waals surface area contributed by atoms with Crippen LogP contribution in [0.5, 0.6) is 0 Å². The molecule has 0 N–H and O–H groups in total. The average Bonchev–Trinajstić information content (AvgIpc) is 2.38. The molecule has 0 radical (unpaired) electrons. The van der Waals surface area contributed by atoms with Crippen LogP contribution < -0.4 is 0 Å². The molecule has 18 heavy (non-hydrogen) atoms. The zero-order valence-corrected chi connectivity index (χ0v) is 8.85. The molecule has 2 aromatic rings. The number of carbonyl (C=O) groups is 1. The van der Waals surface area contributed by atoms with Crippen molar-refractivity contribution < 1.29 is 18.0 Å². The Morgan fingerprint density at radius 3 is 2.39 bits per heavy atom. The molecule has 0 bridgehead atoms. The van der Waals surface area contributed by atoms with Crippen LogP contribution in [0.3, 0.4) is 0 Å². The molecule has 92 valence electrons. The molecule has 4 nitrogen and oxygen atoms in total. The largest absolute Gasteiger partial charge is 0.417 e. The second-order valence-electron chi connectivity index (χ2n) is 3.32. The van der Waals surface area contributed by atoms with Gasteiger partial charge in [-0.15, -0.1) is 0 Å². The lowest BCUT2D eigenvalue weighted by atomic mass is 10.1. The van der Waals surface area contributed by atoms with Gasteiger partial charge in [0.1, 0.15) is 0 Å². The maximum absolute atomic E-state index is 12.7. The van der Waals surface area contributed by atoms with Gasteiger partial charge in [-0.05, 0) is 12.1 Å². The van der Waals surface area contributed by atoms with Crippen molar-refractivity contribution in [2.24, 2.45) is 0 Å². The maximum atomic E-state index is 12.7. The molecule has 2 aromatic heterocycles. The van der Waals surface area contributed by atoms with Gasteiger partial charge >= 0.3 is 6.18 Å². The number of halogens is 3. The number of carbonyl (C=O) groups excluding carboxylic acids is 1. The van der Waals surface area contributed by atoms with E-state index in [-0.39, 0.29) is 5.82 Å². The topological polar surface area (TPSA) is 55.7 Å². The highest BCUT2D eigenvalue weighted by molar-refractivity contribution is 6.07. The third-order valence-corrected chi connectivity index (χ3v) is 2.14. The number of nitrogens with zero attached hydrogens (tertiary/aromatic N) is 3. The minimum absolute atomic E-state index is 0.295. The molecular weight excluding hydrogens is 247 g/mol. The van der Waals surface area contributed by atoms with Crippen LogP contribution in [0, 0.1) is 0 Å². The van der Waals surface area contributed by atoms with E-state index in [9.17, 15) is 18.0 Å². The Morgan fingerprint density at radius 1 is 1.11 bits per heavy atom. The van der Waals surface area contributed by atoms with Gasteiger partial charge in [-0.25, -0.2) is 9.97 Å². The van der Waals surface area contributed by atoms with Crippen molar-refractivity contribution in [1.29, 1.82) is 0 Å². The summed E-state index contributed by atoms with van der Waals surface area (Å²) in [6.45, 7) is 0. The molecule has 0 saturated heterocycles. The van der Waals surface area contributed by atoms with Crippen LogP contribution in [0.15, 0.2) is 36.9 Å². The van der Waals surface area contributed by atoms with Gasteiger partial charge < -0.3 is 0 Å². The summed E-state index contributed by atoms with van der Waals surface area (Å²) in [6.07, 6.45) is -0.219. The summed E-state index contributed by atoms with van der Waals surface area (Å²) in [5.74, 6) is -1.20. The monoisotopic (exact) mass is 253 g/mol. The minimum atomic E-state index is -4.62. The molecule has 7 heteroatoms. The van der Waals surface area contributed by atoms with Gasteiger partial charge in [-0.2, -0.15) is 13.2 Å². The normalized spacial score (nSPS) is 11.3. The van der Waals surface area contributed by atoms with Crippen molar-refractivity contribution in [3.05, 3.63) is 53.9 Å². The van der Waals surface area contributed by atoms with E-state index in [4.69, 9.17) is 0 Å². The van der Waals surface area contributed by atoms with Crippen LogP contribution in [0.4, 0.5) is 13.2 Å². The lowest BCUT2D eigenvalue weighted by molar-refractivity contribution is -0.137. The van der Waals surface area contributed by atoms with Crippen molar-refractivity contribution in [3.63, 3.8) is 0 Å². The molecule has 0 aromatic carbocycles. The molecule has 0 aliphatic carbocycles. The summed E-state index contributed by atoms with van der Waals surface area (Å²) in [5, 5.41) is 0. The number of alkyl halides is 3. The van der Waals surface area contributed by atoms with E-state index >= 15 is 0 Å². The lowest BCUT2D eigenvalue weighted by Gasteiger charge is -2.10. The molecule has 0 unspecified atom stereocenters. The van der Waals surface area contributed by atoms with Gasteiger partial charge in [0.2, 0.25) is 11.6 Å². The molecule has 0 aliphatic heterocycles. The summed E-state index contributed by atoms with van der Waals surface area (Å²) in [7, 11) is 0. The second-order valence-corrected chi connectivity index (χ2v) is 3.32. The Morgan fingerprint density at radius 2 is 1.78 bits per heavy atom. The molecule has 0 spiro atoms. The fraction of sp³-hybridized carbons (Fsp3) is 0.0909. The van der Waals surface area contributed by atoms with E-state index in [0.717, 1.165) is 18.5 Å². The summed E-state index contributed by atoms with van der Waals surface area (Å²) in [5.41, 5.74) is -1.61. The van der Waals surface area contributed by atoms with Gasteiger partial charge in [0.05, 0.1) is 11.1 Å². The highest BCUT2D eigenvalue weighted by atomic mass is 19.4. The zero-order chi connectivity index (χ0) is 13.2. The van der Waals surface area contributed by atoms with Crippen LogP contribution in [0.2, 0.25) is 0 Å². The second kappa shape index (κ2) is 4.52. The summed E-state index contributed by atoms with van der Waals surface area (Å²) >= 11 is 0. The first-order chi connectivity index (χ1) is 8.50. The van der Waals surface area contributed by atoms with Crippen LogP contribution in [-0.4, -0.2) is 20.7 Å². The van der Waals surface area contributed by atoms with E-state index in [2.05, 4.69) is 15.0 Å². The first-order valence-corrected chi connectivity index (χ1v) is 4.83. The van der Waals surface area contributed by atoms with Gasteiger partial charge in [0.15, 0.2) is 0 Å². The third-order valence-electron chi connectivity index (χ3n) is 2.14. The molecule has 0 fully saturated rings. The van der Waals surface area contributed by atoms with Gasteiger partial charge in [-0.3, -0.25) is 9.78 Å². The van der Waals surface area contributed by atoms with E-state index < -0.39 is 23.1 Å². The van der Waals surface area contributed by atoms with Crippen molar-refractivity contribution in [2.75, 3.05) is 0 Å². The van der Waals surface area contributed by atoms with E-state index in [1.807, 2.05) is 0 Å². The first-order valence-electron chi connectivity index (χ1n) is 4.83. The van der Waals surface area contributed by atoms with Crippen molar-refractivity contribution >= 4 is 5.78 Å².